The number of aliphatic hydroxyl groups excluding tert-OH is 1. The lowest BCUT2D eigenvalue weighted by Crippen LogP contribution is -2.52. The van der Waals surface area contributed by atoms with E-state index in [0.717, 1.165) is 13.1 Å². The number of fused-ring (bicyclic) bond motifs is 2. The van der Waals surface area contributed by atoms with Gasteiger partial charge in [-0.25, -0.2) is 0 Å². The lowest BCUT2D eigenvalue weighted by molar-refractivity contribution is -0.143. The molecule has 2 aromatic rings. The largest absolute Gasteiger partial charge is 0.507 e. The summed E-state index contributed by atoms with van der Waals surface area (Å²) >= 11 is 0. The minimum Gasteiger partial charge on any atom is -0.507 e. The average Bonchev–Trinajstić information content (AvgIpc) is 3.32. The molecule has 0 radical (unpaired) electrons. The number of benzene rings is 2. The summed E-state index contributed by atoms with van der Waals surface area (Å²) in [6, 6.07) is 13.8. The first-order chi connectivity index (χ1) is 18.4. The number of amides is 2. The first-order valence-electron chi connectivity index (χ1n) is 13.2. The average molecular weight is 520 g/mol. The molecule has 38 heavy (non-hydrogen) atoms. The van der Waals surface area contributed by atoms with Gasteiger partial charge < -0.3 is 24.4 Å². The Bertz CT molecular complexity index is 1270. The fraction of sp³-hybridized carbons (Fsp3) is 0.414. The molecule has 2 aromatic carbocycles. The van der Waals surface area contributed by atoms with Crippen molar-refractivity contribution >= 4 is 29.0 Å². The molecule has 3 heterocycles. The van der Waals surface area contributed by atoms with Gasteiger partial charge in [-0.05, 0) is 50.6 Å². The van der Waals surface area contributed by atoms with Gasteiger partial charge in [0.05, 0.1) is 31.1 Å². The number of ketones is 1. The van der Waals surface area contributed by atoms with E-state index < -0.39 is 23.1 Å². The zero-order valence-corrected chi connectivity index (χ0v) is 21.8. The van der Waals surface area contributed by atoms with E-state index in [0.29, 0.717) is 61.9 Å². The Balaban J connectivity index is 1.62. The number of likely N-dealkylation sites (N-methyl/N-ethyl adjacent to an activating group) is 1. The van der Waals surface area contributed by atoms with E-state index in [1.54, 1.807) is 41.3 Å². The van der Waals surface area contributed by atoms with Crippen LogP contribution in [0.1, 0.15) is 31.4 Å². The molecule has 3 aliphatic rings. The van der Waals surface area contributed by atoms with Gasteiger partial charge in [-0.3, -0.25) is 19.3 Å². The van der Waals surface area contributed by atoms with Gasteiger partial charge in [-0.1, -0.05) is 18.2 Å². The number of nitrogens with zero attached hydrogens (tertiary/aromatic N) is 3. The Morgan fingerprint density at radius 3 is 2.39 bits per heavy atom. The van der Waals surface area contributed by atoms with Crippen LogP contribution in [0, 0.1) is 0 Å². The Kier molecular flexibility index (Phi) is 7.23. The second-order valence-corrected chi connectivity index (χ2v) is 9.55. The first kappa shape index (κ1) is 25.9. The van der Waals surface area contributed by atoms with Gasteiger partial charge in [0.15, 0.2) is 5.54 Å². The molecule has 9 nitrogen and oxygen atoms in total. The number of hydrogen-bond donors (Lipinski definition) is 1. The summed E-state index contributed by atoms with van der Waals surface area (Å²) in [6.07, 6.45) is 0.569. The van der Waals surface area contributed by atoms with Crippen LogP contribution >= 0.6 is 0 Å². The third-order valence-corrected chi connectivity index (χ3v) is 7.52. The van der Waals surface area contributed by atoms with E-state index in [4.69, 9.17) is 9.47 Å². The Labute approximate surface area is 222 Å². The molecule has 1 spiro atoms. The minimum atomic E-state index is -1.73. The number of morpholine rings is 1. The molecular weight excluding hydrogens is 486 g/mol. The normalized spacial score (nSPS) is 22.9. The Hall–Kier alpha value is -3.69. The molecule has 0 aliphatic carbocycles. The van der Waals surface area contributed by atoms with Gasteiger partial charge in [0.1, 0.15) is 11.5 Å². The molecule has 9 heteroatoms. The van der Waals surface area contributed by atoms with Gasteiger partial charge in [0.25, 0.3) is 17.6 Å². The van der Waals surface area contributed by atoms with E-state index in [2.05, 4.69) is 4.90 Å². The predicted octanol–water partition coefficient (Wildman–Crippen LogP) is 2.75. The maximum Gasteiger partial charge on any atom is 0.296 e. The van der Waals surface area contributed by atoms with Crippen molar-refractivity contribution in [2.45, 2.75) is 25.8 Å². The fourth-order valence-corrected chi connectivity index (χ4v) is 5.78. The van der Waals surface area contributed by atoms with E-state index in [1.807, 2.05) is 26.0 Å². The number of para-hydroxylation sites is 1. The molecule has 3 aliphatic heterocycles. The molecule has 1 unspecified atom stereocenters. The maximum atomic E-state index is 14.3. The Morgan fingerprint density at radius 1 is 1.00 bits per heavy atom. The van der Waals surface area contributed by atoms with Gasteiger partial charge in [-0.15, -0.1) is 0 Å². The van der Waals surface area contributed by atoms with Crippen LogP contribution < -0.4 is 9.64 Å². The SMILES string of the molecule is CCOc1ccc(/C(O)=C2/C(=O)C(=O)N(CCCN3CCOCC3)C23C(=O)N(CC)c2ccccc23)cc1. The van der Waals surface area contributed by atoms with Crippen LogP contribution in [-0.4, -0.2) is 85.0 Å². The van der Waals surface area contributed by atoms with Crippen LogP contribution in [0.3, 0.4) is 0 Å². The summed E-state index contributed by atoms with van der Waals surface area (Å²) in [5, 5.41) is 11.6. The number of rotatable bonds is 8. The standard InChI is InChI=1S/C29H33N3O6/c1-3-31-23-9-6-5-8-22(23)29(28(31)36)24(25(33)20-10-12-21(13-11-20)38-4-2)26(34)27(35)32(29)15-7-14-30-16-18-37-19-17-30/h5-6,8-13,33H,3-4,7,14-19H2,1-2H3/b25-24+. The summed E-state index contributed by atoms with van der Waals surface area (Å²) in [6.45, 7) is 8.38. The van der Waals surface area contributed by atoms with Gasteiger partial charge in [0, 0.05) is 43.9 Å². The lowest BCUT2D eigenvalue weighted by atomic mass is 9.82. The number of ether oxygens (including phenoxy) is 2. The molecule has 2 saturated heterocycles. The highest BCUT2D eigenvalue weighted by atomic mass is 16.5. The second-order valence-electron chi connectivity index (χ2n) is 9.55. The number of likely N-dealkylation sites (tertiary alicyclic amines) is 1. The summed E-state index contributed by atoms with van der Waals surface area (Å²) in [5.74, 6) is -1.80. The summed E-state index contributed by atoms with van der Waals surface area (Å²) in [5.41, 5.74) is -0.414. The number of anilines is 1. The summed E-state index contributed by atoms with van der Waals surface area (Å²) < 4.78 is 10.9. The molecule has 1 N–H and O–H groups in total. The molecule has 1 atom stereocenters. The van der Waals surface area contributed by atoms with Crippen molar-refractivity contribution in [1.29, 1.82) is 0 Å². The van der Waals surface area contributed by atoms with Crippen molar-refractivity contribution in [3.63, 3.8) is 0 Å². The van der Waals surface area contributed by atoms with Gasteiger partial charge in [0.2, 0.25) is 0 Å². The van der Waals surface area contributed by atoms with Crippen LogP contribution in [-0.2, 0) is 24.7 Å². The summed E-state index contributed by atoms with van der Waals surface area (Å²) in [7, 11) is 0. The second kappa shape index (κ2) is 10.6. The molecule has 0 saturated carbocycles. The van der Waals surface area contributed by atoms with Crippen LogP contribution in [0.25, 0.3) is 5.76 Å². The smallest absolute Gasteiger partial charge is 0.296 e. The Morgan fingerprint density at radius 2 is 1.71 bits per heavy atom. The number of aliphatic hydroxyl groups is 1. The van der Waals surface area contributed by atoms with Crippen LogP contribution in [0.4, 0.5) is 5.69 Å². The van der Waals surface area contributed by atoms with Crippen molar-refractivity contribution in [1.82, 2.24) is 9.80 Å². The highest BCUT2D eigenvalue weighted by Crippen LogP contribution is 2.53. The van der Waals surface area contributed by atoms with Crippen molar-refractivity contribution in [3.05, 3.63) is 65.2 Å². The first-order valence-corrected chi connectivity index (χ1v) is 13.2. The number of hydrogen-bond acceptors (Lipinski definition) is 7. The van der Waals surface area contributed by atoms with Gasteiger partial charge >= 0.3 is 0 Å². The molecule has 0 bridgehead atoms. The molecule has 2 amide bonds. The van der Waals surface area contributed by atoms with Crippen LogP contribution in [0.5, 0.6) is 5.75 Å². The van der Waals surface area contributed by atoms with Crippen molar-refractivity contribution in [2.75, 3.05) is 57.4 Å². The number of Topliss-reactive ketones (excluding diaryl/α,β-unsaturated/α-hetero) is 1. The minimum absolute atomic E-state index is 0.188. The van der Waals surface area contributed by atoms with Crippen LogP contribution in [0.2, 0.25) is 0 Å². The number of carbonyl (C=O) groups excluding carboxylic acids is 3. The summed E-state index contributed by atoms with van der Waals surface area (Å²) in [4.78, 5) is 46.7. The van der Waals surface area contributed by atoms with Crippen molar-refractivity contribution < 1.29 is 29.0 Å². The highest BCUT2D eigenvalue weighted by Gasteiger charge is 2.66. The van der Waals surface area contributed by atoms with E-state index in [1.165, 1.54) is 4.90 Å². The third-order valence-electron chi connectivity index (χ3n) is 7.52. The maximum absolute atomic E-state index is 14.3. The molecule has 0 aromatic heterocycles. The van der Waals surface area contributed by atoms with Crippen molar-refractivity contribution in [2.24, 2.45) is 0 Å². The molecule has 5 rings (SSSR count). The van der Waals surface area contributed by atoms with Crippen molar-refractivity contribution in [3.8, 4) is 5.75 Å². The predicted molar refractivity (Wildman–Crippen MR) is 142 cm³/mol. The quantitative estimate of drug-likeness (QED) is 0.325. The third kappa shape index (κ3) is 4.06. The zero-order chi connectivity index (χ0) is 26.9. The van der Waals surface area contributed by atoms with E-state index >= 15 is 0 Å². The van der Waals surface area contributed by atoms with E-state index in [9.17, 15) is 19.5 Å². The van der Waals surface area contributed by atoms with E-state index in [-0.39, 0.29) is 17.9 Å². The van der Waals surface area contributed by atoms with Crippen LogP contribution in [0.15, 0.2) is 54.1 Å². The molecule has 200 valence electrons. The fourth-order valence-electron chi connectivity index (χ4n) is 5.78. The zero-order valence-electron chi connectivity index (χ0n) is 21.8. The topological polar surface area (TPSA) is 99.6 Å². The molecular formula is C29H33N3O6. The highest BCUT2D eigenvalue weighted by molar-refractivity contribution is 6.50. The number of carbonyl (C=O) groups is 3. The molecule has 2 fully saturated rings. The monoisotopic (exact) mass is 519 g/mol. The van der Waals surface area contributed by atoms with Gasteiger partial charge in [-0.2, -0.15) is 0 Å². The lowest BCUT2D eigenvalue weighted by Gasteiger charge is -2.35.